The Morgan fingerprint density at radius 2 is 2.00 bits per heavy atom. The van der Waals surface area contributed by atoms with Gasteiger partial charge in [-0.25, -0.2) is 0 Å². The van der Waals surface area contributed by atoms with Crippen LogP contribution in [-0.2, 0) is 10.5 Å². The van der Waals surface area contributed by atoms with Crippen LogP contribution in [0, 0.1) is 6.92 Å². The van der Waals surface area contributed by atoms with Crippen LogP contribution in [0.3, 0.4) is 0 Å². The van der Waals surface area contributed by atoms with Crippen LogP contribution in [0.25, 0.3) is 0 Å². The highest BCUT2D eigenvalue weighted by Crippen LogP contribution is 2.39. The summed E-state index contributed by atoms with van der Waals surface area (Å²) in [6, 6.07) is 16.4. The number of ether oxygens (including phenoxy) is 1. The van der Waals surface area contributed by atoms with E-state index in [1.165, 1.54) is 11.1 Å². The van der Waals surface area contributed by atoms with Crippen molar-refractivity contribution < 1.29 is 9.53 Å². The van der Waals surface area contributed by atoms with Crippen molar-refractivity contribution in [2.45, 2.75) is 44.6 Å². The molecule has 0 unspecified atom stereocenters. The third kappa shape index (κ3) is 4.79. The van der Waals surface area contributed by atoms with Gasteiger partial charge in [-0.3, -0.25) is 4.79 Å². The van der Waals surface area contributed by atoms with Gasteiger partial charge < -0.3 is 10.1 Å². The number of hydrogen-bond acceptors (Lipinski definition) is 3. The van der Waals surface area contributed by atoms with Crippen molar-refractivity contribution in [2.24, 2.45) is 0 Å². The van der Waals surface area contributed by atoms with Crippen molar-refractivity contribution in [3.8, 4) is 5.75 Å². The van der Waals surface area contributed by atoms with Crippen molar-refractivity contribution in [1.29, 1.82) is 0 Å². The molecule has 1 aliphatic heterocycles. The summed E-state index contributed by atoms with van der Waals surface area (Å²) in [6.45, 7) is 6.20. The zero-order valence-corrected chi connectivity index (χ0v) is 15.9. The quantitative estimate of drug-likeness (QED) is 0.849. The van der Waals surface area contributed by atoms with E-state index >= 15 is 0 Å². The summed E-state index contributed by atoms with van der Waals surface area (Å²) in [6.07, 6.45) is 0.776. The SMILES string of the molecule is Cc1ccc2c(c1)OC(C)(C)C[C@@H]2NC(=O)CSCc1ccccc1. The lowest BCUT2D eigenvalue weighted by atomic mass is 9.89. The molecule has 0 saturated carbocycles. The van der Waals surface area contributed by atoms with Crippen molar-refractivity contribution >= 4 is 17.7 Å². The summed E-state index contributed by atoms with van der Waals surface area (Å²) in [5.41, 5.74) is 3.20. The number of nitrogens with one attached hydrogen (secondary N) is 1. The normalized spacial score (nSPS) is 18.1. The van der Waals surface area contributed by atoms with Gasteiger partial charge in [0.2, 0.25) is 5.91 Å². The summed E-state index contributed by atoms with van der Waals surface area (Å²) in [5.74, 6) is 2.28. The Kier molecular flexibility index (Phi) is 5.38. The fraction of sp³-hybridized carbons (Fsp3) is 0.381. The molecule has 0 saturated heterocycles. The lowest BCUT2D eigenvalue weighted by molar-refractivity contribution is -0.119. The first kappa shape index (κ1) is 17.9. The van der Waals surface area contributed by atoms with Gasteiger partial charge in [-0.05, 0) is 38.0 Å². The minimum Gasteiger partial charge on any atom is -0.487 e. The molecule has 0 bridgehead atoms. The van der Waals surface area contributed by atoms with E-state index in [1.807, 2.05) is 18.2 Å². The maximum Gasteiger partial charge on any atom is 0.230 e. The number of benzene rings is 2. The highest BCUT2D eigenvalue weighted by atomic mass is 32.2. The summed E-state index contributed by atoms with van der Waals surface area (Å²) < 4.78 is 6.09. The van der Waals surface area contributed by atoms with Crippen LogP contribution in [0.2, 0.25) is 0 Å². The van der Waals surface area contributed by atoms with E-state index in [2.05, 4.69) is 56.4 Å². The standard InChI is InChI=1S/C21H25NO2S/c1-15-9-10-17-18(12-21(2,3)24-19(17)11-15)22-20(23)14-25-13-16-7-5-4-6-8-16/h4-11,18H,12-14H2,1-3H3,(H,22,23)/t18-/m0/s1. The maximum absolute atomic E-state index is 12.4. The van der Waals surface area contributed by atoms with E-state index in [4.69, 9.17) is 4.74 Å². The zero-order chi connectivity index (χ0) is 17.9. The lowest BCUT2D eigenvalue weighted by Gasteiger charge is -2.38. The molecule has 1 aliphatic rings. The Morgan fingerprint density at radius 1 is 1.24 bits per heavy atom. The van der Waals surface area contributed by atoms with Crippen molar-refractivity contribution in [3.63, 3.8) is 0 Å². The average molecular weight is 356 g/mol. The van der Waals surface area contributed by atoms with Crippen LogP contribution in [0.1, 0.15) is 43.0 Å². The summed E-state index contributed by atoms with van der Waals surface area (Å²) in [7, 11) is 0. The van der Waals surface area contributed by atoms with Crippen molar-refractivity contribution in [2.75, 3.05) is 5.75 Å². The largest absolute Gasteiger partial charge is 0.487 e. The predicted molar refractivity (Wildman–Crippen MR) is 104 cm³/mol. The molecule has 0 radical (unpaired) electrons. The Bertz CT molecular complexity index is 743. The lowest BCUT2D eigenvalue weighted by Crippen LogP contribution is -2.41. The monoisotopic (exact) mass is 355 g/mol. The minimum absolute atomic E-state index is 0.00387. The number of rotatable bonds is 5. The van der Waals surface area contributed by atoms with Crippen LogP contribution >= 0.6 is 11.8 Å². The second kappa shape index (κ2) is 7.52. The molecule has 0 spiro atoms. The number of carbonyl (C=O) groups is 1. The molecule has 2 aromatic carbocycles. The highest BCUT2D eigenvalue weighted by molar-refractivity contribution is 7.99. The first-order valence-corrected chi connectivity index (χ1v) is 9.79. The molecule has 4 heteroatoms. The van der Waals surface area contributed by atoms with E-state index in [1.54, 1.807) is 11.8 Å². The molecule has 1 atom stereocenters. The average Bonchev–Trinajstić information content (AvgIpc) is 2.54. The molecule has 1 amide bonds. The molecule has 1 N–H and O–H groups in total. The second-order valence-corrected chi connectivity index (χ2v) is 8.19. The Balaban J connectivity index is 1.61. The third-order valence-electron chi connectivity index (χ3n) is 4.31. The molecular weight excluding hydrogens is 330 g/mol. The van der Waals surface area contributed by atoms with Gasteiger partial charge >= 0.3 is 0 Å². The van der Waals surface area contributed by atoms with Gasteiger partial charge in [-0.2, -0.15) is 0 Å². The Morgan fingerprint density at radius 3 is 2.76 bits per heavy atom. The summed E-state index contributed by atoms with van der Waals surface area (Å²) >= 11 is 1.64. The van der Waals surface area contributed by atoms with Crippen LogP contribution in [0.15, 0.2) is 48.5 Å². The summed E-state index contributed by atoms with van der Waals surface area (Å²) in [4.78, 5) is 12.4. The number of amides is 1. The molecule has 0 aliphatic carbocycles. The van der Waals surface area contributed by atoms with E-state index in [0.717, 1.165) is 23.5 Å². The molecule has 1 heterocycles. The first-order chi connectivity index (χ1) is 11.9. The van der Waals surface area contributed by atoms with Crippen LogP contribution < -0.4 is 10.1 Å². The van der Waals surface area contributed by atoms with E-state index in [-0.39, 0.29) is 17.6 Å². The number of aryl methyl sites for hydroxylation is 1. The van der Waals surface area contributed by atoms with E-state index < -0.39 is 0 Å². The Labute approximate surface area is 154 Å². The molecular formula is C21H25NO2S. The smallest absolute Gasteiger partial charge is 0.230 e. The predicted octanol–water partition coefficient (Wildman–Crippen LogP) is 4.65. The van der Waals surface area contributed by atoms with Crippen molar-refractivity contribution in [3.05, 3.63) is 65.2 Å². The molecule has 2 aromatic rings. The van der Waals surface area contributed by atoms with Gasteiger partial charge in [-0.15, -0.1) is 11.8 Å². The fourth-order valence-electron chi connectivity index (χ4n) is 3.16. The van der Waals surface area contributed by atoms with Crippen molar-refractivity contribution in [1.82, 2.24) is 5.32 Å². The van der Waals surface area contributed by atoms with Gasteiger partial charge in [0.05, 0.1) is 11.8 Å². The first-order valence-electron chi connectivity index (χ1n) is 8.63. The number of hydrogen-bond donors (Lipinski definition) is 1. The zero-order valence-electron chi connectivity index (χ0n) is 15.0. The second-order valence-electron chi connectivity index (χ2n) is 7.21. The molecule has 132 valence electrons. The van der Waals surface area contributed by atoms with E-state index in [0.29, 0.717) is 5.75 Å². The number of carbonyl (C=O) groups excluding carboxylic acids is 1. The minimum atomic E-state index is -0.282. The van der Waals surface area contributed by atoms with Crippen LogP contribution in [-0.4, -0.2) is 17.3 Å². The molecule has 25 heavy (non-hydrogen) atoms. The maximum atomic E-state index is 12.4. The Hall–Kier alpha value is -1.94. The third-order valence-corrected chi connectivity index (χ3v) is 5.31. The fourth-order valence-corrected chi connectivity index (χ4v) is 3.96. The van der Waals surface area contributed by atoms with E-state index in [9.17, 15) is 4.79 Å². The van der Waals surface area contributed by atoms with Gasteiger partial charge in [0.25, 0.3) is 0 Å². The number of thioether (sulfide) groups is 1. The molecule has 0 aromatic heterocycles. The van der Waals surface area contributed by atoms with Gasteiger partial charge in [0.15, 0.2) is 0 Å². The van der Waals surface area contributed by atoms with Crippen LogP contribution in [0.5, 0.6) is 5.75 Å². The van der Waals surface area contributed by atoms with Gasteiger partial charge in [-0.1, -0.05) is 42.5 Å². The van der Waals surface area contributed by atoms with Gasteiger partial charge in [0.1, 0.15) is 11.4 Å². The van der Waals surface area contributed by atoms with Gasteiger partial charge in [0, 0.05) is 17.7 Å². The number of fused-ring (bicyclic) bond motifs is 1. The van der Waals surface area contributed by atoms with Crippen LogP contribution in [0.4, 0.5) is 0 Å². The molecule has 3 nitrogen and oxygen atoms in total. The topological polar surface area (TPSA) is 38.3 Å². The molecule has 3 rings (SSSR count). The highest BCUT2D eigenvalue weighted by Gasteiger charge is 2.34. The molecule has 0 fully saturated rings. The summed E-state index contributed by atoms with van der Waals surface area (Å²) in [5, 5.41) is 3.20.